The summed E-state index contributed by atoms with van der Waals surface area (Å²) in [5.74, 6) is -1.25. The maximum atomic E-state index is 13.9. The van der Waals surface area contributed by atoms with Gasteiger partial charge in [-0.05, 0) is 43.5 Å². The van der Waals surface area contributed by atoms with Crippen molar-refractivity contribution < 1.29 is 13.6 Å². The summed E-state index contributed by atoms with van der Waals surface area (Å²) in [5.41, 5.74) is 1.26. The zero-order valence-electron chi connectivity index (χ0n) is 13.4. The van der Waals surface area contributed by atoms with Gasteiger partial charge in [0.05, 0.1) is 12.6 Å². The summed E-state index contributed by atoms with van der Waals surface area (Å²) in [6.07, 6.45) is 5.15. The van der Waals surface area contributed by atoms with E-state index in [9.17, 15) is 13.6 Å². The van der Waals surface area contributed by atoms with Crippen LogP contribution in [0.1, 0.15) is 36.9 Å². The molecule has 1 aromatic heterocycles. The zero-order valence-corrected chi connectivity index (χ0v) is 13.4. The Morgan fingerprint density at radius 2 is 2.00 bits per heavy atom. The Morgan fingerprint density at radius 1 is 1.29 bits per heavy atom. The fraction of sp³-hybridized carbons (Fsp3) is 0.333. The molecular formula is C18H19F2N3O. The lowest BCUT2D eigenvalue weighted by Crippen LogP contribution is -2.42. The highest BCUT2D eigenvalue weighted by molar-refractivity contribution is 5.75. The van der Waals surface area contributed by atoms with Gasteiger partial charge < -0.3 is 10.2 Å². The molecular weight excluding hydrogens is 312 g/mol. The molecule has 1 aromatic carbocycles. The molecule has 4 nitrogen and oxygen atoms in total. The maximum absolute atomic E-state index is 13.9. The number of nitrogens with zero attached hydrogens (tertiary/aromatic N) is 2. The van der Waals surface area contributed by atoms with Gasteiger partial charge in [-0.25, -0.2) is 13.6 Å². The molecule has 6 heteroatoms. The number of pyridine rings is 1. The van der Waals surface area contributed by atoms with Crippen molar-refractivity contribution in [2.24, 2.45) is 0 Å². The minimum absolute atomic E-state index is 0.110. The molecule has 126 valence electrons. The van der Waals surface area contributed by atoms with Crippen LogP contribution in [0.15, 0.2) is 42.7 Å². The van der Waals surface area contributed by atoms with Crippen molar-refractivity contribution in [3.05, 3.63) is 65.5 Å². The highest BCUT2D eigenvalue weighted by Crippen LogP contribution is 2.29. The second-order valence-electron chi connectivity index (χ2n) is 6.05. The molecule has 1 fully saturated rings. The van der Waals surface area contributed by atoms with Crippen molar-refractivity contribution >= 4 is 6.03 Å². The van der Waals surface area contributed by atoms with E-state index in [0.717, 1.165) is 24.5 Å². The Bertz CT molecular complexity index is 719. The summed E-state index contributed by atoms with van der Waals surface area (Å²) in [4.78, 5) is 18.2. The smallest absolute Gasteiger partial charge is 0.318 e. The quantitative estimate of drug-likeness (QED) is 0.906. The first kappa shape index (κ1) is 16.4. The van der Waals surface area contributed by atoms with Gasteiger partial charge in [-0.2, -0.15) is 0 Å². The van der Waals surface area contributed by atoms with Gasteiger partial charge in [0.25, 0.3) is 0 Å². The lowest BCUT2D eigenvalue weighted by molar-refractivity contribution is 0.188. The van der Waals surface area contributed by atoms with Crippen molar-refractivity contribution in [3.8, 4) is 0 Å². The van der Waals surface area contributed by atoms with Crippen molar-refractivity contribution in [2.45, 2.75) is 38.4 Å². The summed E-state index contributed by atoms with van der Waals surface area (Å²) in [5, 5.41) is 2.93. The SMILES string of the molecule is C[C@H](NC(=O)N(Cc1ccc(F)cc1F)C1CC1)c1ccncc1. The number of amides is 2. The number of rotatable bonds is 5. The minimum Gasteiger partial charge on any atom is -0.331 e. The number of halogens is 2. The van der Waals surface area contributed by atoms with Crippen LogP contribution in [0, 0.1) is 11.6 Å². The average molecular weight is 331 g/mol. The monoisotopic (exact) mass is 331 g/mol. The first-order chi connectivity index (χ1) is 11.5. The predicted molar refractivity (Wildman–Crippen MR) is 86.1 cm³/mol. The maximum Gasteiger partial charge on any atom is 0.318 e. The molecule has 0 spiro atoms. The Morgan fingerprint density at radius 3 is 2.62 bits per heavy atom. The van der Waals surface area contributed by atoms with Gasteiger partial charge in [-0.3, -0.25) is 4.98 Å². The second kappa shape index (κ2) is 6.95. The number of nitrogens with one attached hydrogen (secondary N) is 1. The number of carbonyl (C=O) groups excluding carboxylic acids is 1. The van der Waals surface area contributed by atoms with Crippen LogP contribution in [-0.2, 0) is 6.54 Å². The third-order valence-electron chi connectivity index (χ3n) is 4.15. The number of urea groups is 1. The van der Waals surface area contributed by atoms with E-state index >= 15 is 0 Å². The highest BCUT2D eigenvalue weighted by Gasteiger charge is 2.33. The molecule has 1 aliphatic rings. The lowest BCUT2D eigenvalue weighted by atomic mass is 10.1. The van der Waals surface area contributed by atoms with Crippen LogP contribution >= 0.6 is 0 Å². The second-order valence-corrected chi connectivity index (χ2v) is 6.05. The van der Waals surface area contributed by atoms with Crippen molar-refractivity contribution in [1.29, 1.82) is 0 Å². The molecule has 0 unspecified atom stereocenters. The molecule has 0 bridgehead atoms. The van der Waals surface area contributed by atoms with Gasteiger partial charge in [0.2, 0.25) is 0 Å². The fourth-order valence-electron chi connectivity index (χ4n) is 2.59. The van der Waals surface area contributed by atoms with Gasteiger partial charge in [0.1, 0.15) is 11.6 Å². The first-order valence-corrected chi connectivity index (χ1v) is 7.95. The van der Waals surface area contributed by atoms with Crippen molar-refractivity contribution in [3.63, 3.8) is 0 Å². The summed E-state index contributed by atoms with van der Waals surface area (Å²) in [6, 6.07) is 6.81. The molecule has 2 aromatic rings. The number of carbonyl (C=O) groups is 1. The number of aromatic nitrogens is 1. The predicted octanol–water partition coefficient (Wildman–Crippen LogP) is 3.80. The normalized spacial score (nSPS) is 15.0. The van der Waals surface area contributed by atoms with Crippen molar-refractivity contribution in [2.75, 3.05) is 0 Å². The van der Waals surface area contributed by atoms with E-state index in [0.29, 0.717) is 5.56 Å². The van der Waals surface area contributed by atoms with Crippen LogP contribution in [0.4, 0.5) is 13.6 Å². The molecule has 0 radical (unpaired) electrons. The van der Waals surface area contributed by atoms with Crippen LogP contribution in [0.3, 0.4) is 0 Å². The molecule has 0 saturated heterocycles. The van der Waals surface area contributed by atoms with Gasteiger partial charge in [0.15, 0.2) is 0 Å². The van der Waals surface area contributed by atoms with E-state index in [-0.39, 0.29) is 24.7 Å². The first-order valence-electron chi connectivity index (χ1n) is 7.95. The standard InChI is InChI=1S/C18H19F2N3O/c1-12(13-6-8-21-9-7-13)22-18(24)23(16-4-5-16)11-14-2-3-15(19)10-17(14)20/h2-3,6-10,12,16H,4-5,11H2,1H3,(H,22,24)/t12-/m0/s1. The molecule has 3 rings (SSSR count). The highest BCUT2D eigenvalue weighted by atomic mass is 19.1. The minimum atomic E-state index is -0.629. The van der Waals surface area contributed by atoms with Gasteiger partial charge in [-0.15, -0.1) is 0 Å². The topological polar surface area (TPSA) is 45.2 Å². The van der Waals surface area contributed by atoms with E-state index < -0.39 is 11.6 Å². The van der Waals surface area contributed by atoms with Crippen LogP contribution in [0.5, 0.6) is 0 Å². The molecule has 1 heterocycles. The third kappa shape index (κ3) is 3.88. The summed E-state index contributed by atoms with van der Waals surface area (Å²) >= 11 is 0. The van der Waals surface area contributed by atoms with E-state index in [1.165, 1.54) is 12.1 Å². The molecule has 0 aliphatic heterocycles. The average Bonchev–Trinajstić information content (AvgIpc) is 3.39. The lowest BCUT2D eigenvalue weighted by Gasteiger charge is -2.25. The van der Waals surface area contributed by atoms with Crippen molar-refractivity contribution in [1.82, 2.24) is 15.2 Å². The van der Waals surface area contributed by atoms with Crippen LogP contribution in [0.25, 0.3) is 0 Å². The van der Waals surface area contributed by atoms with Gasteiger partial charge >= 0.3 is 6.03 Å². The molecule has 1 N–H and O–H groups in total. The third-order valence-corrected chi connectivity index (χ3v) is 4.15. The zero-order chi connectivity index (χ0) is 17.1. The van der Waals surface area contributed by atoms with Crippen LogP contribution < -0.4 is 5.32 Å². The largest absolute Gasteiger partial charge is 0.331 e. The fourth-order valence-corrected chi connectivity index (χ4v) is 2.59. The van der Waals surface area contributed by atoms with Gasteiger partial charge in [-0.1, -0.05) is 6.07 Å². The van der Waals surface area contributed by atoms with E-state index in [1.807, 2.05) is 19.1 Å². The molecule has 24 heavy (non-hydrogen) atoms. The van der Waals surface area contributed by atoms with E-state index in [4.69, 9.17) is 0 Å². The Kier molecular flexibility index (Phi) is 4.74. The molecule has 1 atom stereocenters. The Labute approximate surface area is 139 Å². The number of benzene rings is 1. The van der Waals surface area contributed by atoms with E-state index in [1.54, 1.807) is 17.3 Å². The number of hydrogen-bond donors (Lipinski definition) is 1. The van der Waals surface area contributed by atoms with E-state index in [2.05, 4.69) is 10.3 Å². The Hall–Kier alpha value is -2.50. The van der Waals surface area contributed by atoms with Gasteiger partial charge in [0, 0.05) is 30.1 Å². The summed E-state index contributed by atoms with van der Waals surface area (Å²) < 4.78 is 26.9. The molecule has 2 amide bonds. The molecule has 1 saturated carbocycles. The van der Waals surface area contributed by atoms with Crippen LogP contribution in [-0.4, -0.2) is 22.0 Å². The van der Waals surface area contributed by atoms with Crippen LogP contribution in [0.2, 0.25) is 0 Å². The molecule has 1 aliphatic carbocycles. The summed E-state index contributed by atoms with van der Waals surface area (Å²) in [6.45, 7) is 2.02. The number of hydrogen-bond acceptors (Lipinski definition) is 2. The summed E-state index contributed by atoms with van der Waals surface area (Å²) in [7, 11) is 0. The Balaban J connectivity index is 1.70.